The summed E-state index contributed by atoms with van der Waals surface area (Å²) in [5, 5.41) is 0. The minimum absolute atomic E-state index is 0.0453. The number of hydrogen-bond acceptors (Lipinski definition) is 5. The topological polar surface area (TPSA) is 158 Å². The largest absolute Gasteiger partial charge is 0.369 e. The van der Waals surface area contributed by atoms with E-state index >= 15 is 0 Å². The fourth-order valence-corrected chi connectivity index (χ4v) is 2.73. The van der Waals surface area contributed by atoms with E-state index in [1.807, 2.05) is 0 Å². The van der Waals surface area contributed by atoms with Gasteiger partial charge in [0.25, 0.3) is 5.56 Å². The van der Waals surface area contributed by atoms with Gasteiger partial charge in [0.05, 0.1) is 6.16 Å². The average molecular weight is 299 g/mol. The number of fused-ring (bicyclic) bond motifs is 1. The first kappa shape index (κ1) is 14.4. The van der Waals surface area contributed by atoms with Crippen molar-refractivity contribution in [3.63, 3.8) is 0 Å². The molecule has 2 aromatic rings. The number of nitrogens with one attached hydrogen (secondary N) is 2. The van der Waals surface area contributed by atoms with Crippen LogP contribution in [0.5, 0.6) is 0 Å². The highest BCUT2D eigenvalue weighted by Gasteiger charge is 2.21. The third kappa shape index (κ3) is 3.32. The number of nitrogens with zero attached hydrogens (tertiary/aromatic N) is 2. The highest BCUT2D eigenvalue weighted by atomic mass is 31.2. The van der Waals surface area contributed by atoms with Crippen molar-refractivity contribution in [3.05, 3.63) is 28.8 Å². The Labute approximate surface area is 113 Å². The SMILES string of the molecule is C=CC(Cc1nc2nc(N)[nH]c(=O)c2[nH]1)CP(=O)(O)O. The van der Waals surface area contributed by atoms with Gasteiger partial charge in [-0.1, -0.05) is 6.08 Å². The van der Waals surface area contributed by atoms with Crippen LogP contribution in [-0.4, -0.2) is 35.9 Å². The van der Waals surface area contributed by atoms with Crippen LogP contribution in [0, 0.1) is 5.92 Å². The maximum absolute atomic E-state index is 11.6. The van der Waals surface area contributed by atoms with Crippen molar-refractivity contribution >= 4 is 24.7 Å². The monoisotopic (exact) mass is 299 g/mol. The second-order valence-corrected chi connectivity index (χ2v) is 6.07. The van der Waals surface area contributed by atoms with E-state index in [4.69, 9.17) is 15.5 Å². The molecule has 2 rings (SSSR count). The number of allylic oxidation sites excluding steroid dienone is 1. The van der Waals surface area contributed by atoms with Crippen molar-refractivity contribution in [1.29, 1.82) is 0 Å². The highest BCUT2D eigenvalue weighted by molar-refractivity contribution is 7.51. The van der Waals surface area contributed by atoms with E-state index < -0.39 is 19.1 Å². The van der Waals surface area contributed by atoms with Gasteiger partial charge in [-0.05, 0) is 5.92 Å². The first-order valence-electron chi connectivity index (χ1n) is 5.70. The van der Waals surface area contributed by atoms with Crippen molar-refractivity contribution in [1.82, 2.24) is 19.9 Å². The molecule has 9 nitrogen and oxygen atoms in total. The van der Waals surface area contributed by atoms with Crippen molar-refractivity contribution in [3.8, 4) is 0 Å². The summed E-state index contributed by atoms with van der Waals surface area (Å²) >= 11 is 0. The summed E-state index contributed by atoms with van der Waals surface area (Å²) in [7, 11) is -4.14. The third-order valence-electron chi connectivity index (χ3n) is 2.69. The Balaban J connectivity index is 2.30. The summed E-state index contributed by atoms with van der Waals surface area (Å²) in [6.07, 6.45) is 1.32. The van der Waals surface area contributed by atoms with E-state index in [0.717, 1.165) is 0 Å². The molecule has 0 amide bonds. The van der Waals surface area contributed by atoms with Gasteiger partial charge < -0.3 is 20.5 Å². The van der Waals surface area contributed by atoms with E-state index in [9.17, 15) is 9.36 Å². The quantitative estimate of drug-likeness (QED) is 0.376. The molecular formula is C10H14N5O4P. The maximum atomic E-state index is 11.6. The summed E-state index contributed by atoms with van der Waals surface area (Å²) < 4.78 is 11.0. The fraction of sp³-hybridized carbons (Fsp3) is 0.300. The lowest BCUT2D eigenvalue weighted by Gasteiger charge is -2.11. The van der Waals surface area contributed by atoms with Gasteiger partial charge in [-0.2, -0.15) is 4.98 Å². The number of nitrogens with two attached hydrogens (primary N) is 1. The Morgan fingerprint density at radius 1 is 1.40 bits per heavy atom. The molecule has 0 aliphatic rings. The van der Waals surface area contributed by atoms with Crippen molar-refractivity contribution in [2.45, 2.75) is 6.42 Å². The van der Waals surface area contributed by atoms with Crippen LogP contribution in [0.15, 0.2) is 17.4 Å². The molecule has 0 aromatic carbocycles. The van der Waals surface area contributed by atoms with E-state index in [2.05, 4.69) is 26.5 Å². The number of aromatic amines is 2. The standard InChI is InChI=1S/C10H14N5O4P/c1-2-5(4-20(17,18)19)3-6-12-7-8(13-6)14-10(11)15-9(7)16/h2,5H,1,3-4H2,(H2,17,18,19)(H4,11,12,13,14,15,16). The molecule has 0 aliphatic heterocycles. The molecule has 0 fully saturated rings. The van der Waals surface area contributed by atoms with Gasteiger partial charge in [0.2, 0.25) is 5.95 Å². The number of aromatic nitrogens is 4. The molecule has 0 saturated carbocycles. The van der Waals surface area contributed by atoms with E-state index in [1.54, 1.807) is 0 Å². The Bertz CT molecular complexity index is 746. The summed E-state index contributed by atoms with van der Waals surface area (Å²) in [6.45, 7) is 3.54. The molecule has 20 heavy (non-hydrogen) atoms. The number of imidazole rings is 1. The molecule has 0 saturated heterocycles. The molecule has 0 bridgehead atoms. The Morgan fingerprint density at radius 3 is 2.70 bits per heavy atom. The molecule has 0 spiro atoms. The van der Waals surface area contributed by atoms with E-state index in [-0.39, 0.29) is 29.7 Å². The highest BCUT2D eigenvalue weighted by Crippen LogP contribution is 2.37. The molecule has 6 N–H and O–H groups in total. The van der Waals surface area contributed by atoms with Crippen LogP contribution in [0.3, 0.4) is 0 Å². The first-order chi connectivity index (χ1) is 9.28. The minimum Gasteiger partial charge on any atom is -0.369 e. The van der Waals surface area contributed by atoms with Crippen LogP contribution >= 0.6 is 7.60 Å². The summed E-state index contributed by atoms with van der Waals surface area (Å²) in [5.41, 5.74) is 5.30. The van der Waals surface area contributed by atoms with Crippen LogP contribution in [0.25, 0.3) is 11.2 Å². The van der Waals surface area contributed by atoms with Gasteiger partial charge in [-0.25, -0.2) is 4.98 Å². The van der Waals surface area contributed by atoms with E-state index in [0.29, 0.717) is 5.82 Å². The van der Waals surface area contributed by atoms with Crippen LogP contribution < -0.4 is 11.3 Å². The van der Waals surface area contributed by atoms with Crippen LogP contribution in [0.2, 0.25) is 0 Å². The summed E-state index contributed by atoms with van der Waals surface area (Å²) in [4.78, 5) is 42.6. The Morgan fingerprint density at radius 2 is 2.10 bits per heavy atom. The Kier molecular flexibility index (Phi) is 3.76. The number of hydrogen-bond donors (Lipinski definition) is 5. The summed E-state index contributed by atoms with van der Waals surface area (Å²) in [6, 6.07) is 0. The second kappa shape index (κ2) is 5.20. The summed E-state index contributed by atoms with van der Waals surface area (Å²) in [5.74, 6) is -0.120. The van der Waals surface area contributed by atoms with Crippen LogP contribution in [0.1, 0.15) is 5.82 Å². The van der Waals surface area contributed by atoms with E-state index in [1.165, 1.54) is 6.08 Å². The smallest absolute Gasteiger partial charge is 0.326 e. The maximum Gasteiger partial charge on any atom is 0.326 e. The number of anilines is 1. The predicted molar refractivity (Wildman–Crippen MR) is 73.2 cm³/mol. The van der Waals surface area contributed by atoms with Gasteiger partial charge in [0.1, 0.15) is 5.82 Å². The predicted octanol–water partition coefficient (Wildman–Crippen LogP) is -0.249. The first-order valence-corrected chi connectivity index (χ1v) is 7.50. The molecule has 1 unspecified atom stereocenters. The number of rotatable bonds is 5. The third-order valence-corrected chi connectivity index (χ3v) is 3.63. The molecule has 0 radical (unpaired) electrons. The lowest BCUT2D eigenvalue weighted by atomic mass is 10.1. The lowest BCUT2D eigenvalue weighted by Crippen LogP contribution is -2.11. The van der Waals surface area contributed by atoms with Gasteiger partial charge in [-0.3, -0.25) is 14.3 Å². The van der Waals surface area contributed by atoms with Gasteiger partial charge in [0.15, 0.2) is 11.2 Å². The zero-order chi connectivity index (χ0) is 14.9. The van der Waals surface area contributed by atoms with Gasteiger partial charge in [0, 0.05) is 6.42 Å². The molecule has 2 heterocycles. The zero-order valence-electron chi connectivity index (χ0n) is 10.4. The van der Waals surface area contributed by atoms with Crippen LogP contribution in [0.4, 0.5) is 5.95 Å². The molecule has 10 heteroatoms. The Hall–Kier alpha value is -1.96. The molecular weight excluding hydrogens is 285 g/mol. The zero-order valence-corrected chi connectivity index (χ0v) is 11.3. The molecule has 2 aromatic heterocycles. The molecule has 0 aliphatic carbocycles. The van der Waals surface area contributed by atoms with Crippen molar-refractivity contribution in [2.24, 2.45) is 5.92 Å². The lowest BCUT2D eigenvalue weighted by molar-refractivity contribution is 0.366. The fourth-order valence-electron chi connectivity index (χ4n) is 1.84. The number of nitrogen functional groups attached to an aromatic ring is 1. The second-order valence-electron chi connectivity index (χ2n) is 4.38. The van der Waals surface area contributed by atoms with Crippen molar-refractivity contribution in [2.75, 3.05) is 11.9 Å². The minimum atomic E-state index is -4.14. The average Bonchev–Trinajstić information content (AvgIpc) is 2.69. The number of H-pyrrole nitrogens is 2. The van der Waals surface area contributed by atoms with Gasteiger partial charge >= 0.3 is 7.60 Å². The van der Waals surface area contributed by atoms with Gasteiger partial charge in [-0.15, -0.1) is 6.58 Å². The molecule has 1 atom stereocenters. The normalized spacial score (nSPS) is 13.5. The van der Waals surface area contributed by atoms with Crippen molar-refractivity contribution < 1.29 is 14.4 Å². The van der Waals surface area contributed by atoms with Crippen LogP contribution in [-0.2, 0) is 11.0 Å². The molecule has 108 valence electrons.